The fraction of sp³-hybridized carbons (Fsp3) is 0.520. The molecule has 3 aliphatic rings. The third kappa shape index (κ3) is 4.30. The first-order chi connectivity index (χ1) is 17.8. The molecule has 0 spiro atoms. The van der Waals surface area contributed by atoms with E-state index in [2.05, 4.69) is 0 Å². The lowest BCUT2D eigenvalue weighted by atomic mass is 9.67. The van der Waals surface area contributed by atoms with Crippen LogP contribution in [0.4, 0.5) is 22.0 Å². The van der Waals surface area contributed by atoms with Gasteiger partial charge in [-0.15, -0.1) is 0 Å². The maximum absolute atomic E-state index is 15.5. The van der Waals surface area contributed by atoms with Gasteiger partial charge in [0, 0.05) is 19.0 Å². The molecule has 3 atom stereocenters. The maximum Gasteiger partial charge on any atom is 0.416 e. The van der Waals surface area contributed by atoms with Gasteiger partial charge in [-0.05, 0) is 68.0 Å². The number of hydrogen-bond acceptors (Lipinski definition) is 5. The number of sulfonamides is 1. The van der Waals surface area contributed by atoms with E-state index >= 15 is 4.39 Å². The summed E-state index contributed by atoms with van der Waals surface area (Å²) < 4.78 is 129. The van der Waals surface area contributed by atoms with E-state index in [0.717, 1.165) is 24.3 Å². The second-order valence-electron chi connectivity index (χ2n) is 10.1. The lowest BCUT2D eigenvalue weighted by Gasteiger charge is -2.51. The first-order valence-electron chi connectivity index (χ1n) is 12.3. The number of hydrogen-bond donors (Lipinski definition) is 0. The van der Waals surface area contributed by atoms with Gasteiger partial charge >= 0.3 is 6.18 Å². The molecule has 1 saturated carbocycles. The van der Waals surface area contributed by atoms with Crippen molar-refractivity contribution in [3.05, 3.63) is 59.2 Å². The first kappa shape index (κ1) is 27.3. The molecule has 0 radical (unpaired) electrons. The van der Waals surface area contributed by atoms with Crippen molar-refractivity contribution < 1.29 is 43.5 Å². The Balaban J connectivity index is 1.67. The molecule has 2 heterocycles. The Morgan fingerprint density at radius 2 is 1.68 bits per heavy atom. The second kappa shape index (κ2) is 9.44. The molecule has 0 aromatic heterocycles. The van der Waals surface area contributed by atoms with Crippen LogP contribution in [0.1, 0.15) is 43.2 Å². The van der Waals surface area contributed by atoms with Crippen LogP contribution in [-0.2, 0) is 30.8 Å². The first-order valence-corrected chi connectivity index (χ1v) is 15.4. The third-order valence-corrected chi connectivity index (χ3v) is 12.5. The van der Waals surface area contributed by atoms with E-state index in [1.807, 2.05) is 0 Å². The summed E-state index contributed by atoms with van der Waals surface area (Å²) in [5.41, 5.74) is -1.54. The number of nitrogens with zero attached hydrogens (tertiary/aromatic N) is 1. The summed E-state index contributed by atoms with van der Waals surface area (Å²) in [6, 6.07) is 4.57. The molecule has 6 nitrogen and oxygen atoms in total. The average Bonchev–Trinajstić information content (AvgIpc) is 2.86. The monoisotopic (exact) mass is 579 g/mol. The Morgan fingerprint density at radius 1 is 1.00 bits per heavy atom. The molecule has 0 bridgehead atoms. The van der Waals surface area contributed by atoms with Crippen molar-refractivity contribution in [2.45, 2.75) is 47.9 Å². The van der Waals surface area contributed by atoms with Gasteiger partial charge < -0.3 is 4.74 Å². The Bertz CT molecular complexity index is 1440. The molecule has 1 aliphatic carbocycles. The van der Waals surface area contributed by atoms with Gasteiger partial charge in [-0.25, -0.2) is 29.9 Å². The smallest absolute Gasteiger partial charge is 0.416 e. The van der Waals surface area contributed by atoms with Crippen molar-refractivity contribution in [3.63, 3.8) is 0 Å². The van der Waals surface area contributed by atoms with Gasteiger partial charge in [0.25, 0.3) is 0 Å². The van der Waals surface area contributed by atoms with Crippen molar-refractivity contribution in [1.29, 1.82) is 0 Å². The van der Waals surface area contributed by atoms with Gasteiger partial charge in [0.15, 0.2) is 21.4 Å². The van der Waals surface area contributed by atoms with Crippen LogP contribution in [0.2, 0.25) is 0 Å². The van der Waals surface area contributed by atoms with Gasteiger partial charge in [0.05, 0.1) is 28.4 Å². The highest BCUT2D eigenvalue weighted by Crippen LogP contribution is 2.58. The molecule has 38 heavy (non-hydrogen) atoms. The number of sulfone groups is 1. The number of alkyl halides is 3. The standard InChI is InChI=1S/C25H26F5NO5S2/c26-20-9-10-21(27)23-22(20)24(38(34,35)18-7-5-17(6-8-18)25(28,29)30)11-3-4-16(19(24)15-36-23)14-31-12-1-2-13-37(31,32)33/h5-10,16,19H,1-4,11-15H2/t16-,19-,24-/m0/s1. The molecule has 2 aliphatic heterocycles. The van der Waals surface area contributed by atoms with Crippen LogP contribution >= 0.6 is 0 Å². The maximum atomic E-state index is 15.5. The van der Waals surface area contributed by atoms with Crippen LogP contribution in [0.25, 0.3) is 0 Å². The van der Waals surface area contributed by atoms with E-state index in [4.69, 9.17) is 4.74 Å². The summed E-state index contributed by atoms with van der Waals surface area (Å²) in [6.45, 7) is -0.0522. The SMILES string of the molecule is O=S1(=O)CCCCN1C[C@@H]1CCC[C@@]2(S(=O)(=O)c3ccc(C(F)(F)F)cc3)c3c(F)ccc(F)c3OC[C@@H]12. The second-order valence-corrected chi connectivity index (χ2v) is 14.4. The molecule has 0 N–H and O–H groups in total. The molecule has 5 rings (SSSR count). The number of rotatable bonds is 4. The normalized spacial score (nSPS) is 27.7. The minimum absolute atomic E-state index is 0.00703. The predicted molar refractivity (Wildman–Crippen MR) is 128 cm³/mol. The molecule has 2 fully saturated rings. The van der Waals surface area contributed by atoms with Crippen LogP contribution in [0.3, 0.4) is 0 Å². The van der Waals surface area contributed by atoms with Gasteiger partial charge in [0.1, 0.15) is 10.6 Å². The Morgan fingerprint density at radius 3 is 2.34 bits per heavy atom. The van der Waals surface area contributed by atoms with Crippen LogP contribution < -0.4 is 4.74 Å². The van der Waals surface area contributed by atoms with E-state index in [-0.39, 0.29) is 38.3 Å². The molecule has 0 unspecified atom stereocenters. The molecule has 2 aromatic carbocycles. The highest BCUT2D eigenvalue weighted by Gasteiger charge is 2.61. The Labute approximate surface area is 217 Å². The summed E-state index contributed by atoms with van der Waals surface area (Å²) in [6.07, 6.45) is -2.98. The predicted octanol–water partition coefficient (Wildman–Crippen LogP) is 4.89. The van der Waals surface area contributed by atoms with Crippen LogP contribution in [-0.4, -0.2) is 46.6 Å². The molecule has 208 valence electrons. The summed E-state index contributed by atoms with van der Waals surface area (Å²) in [5.74, 6) is -4.07. The molecular weight excluding hydrogens is 553 g/mol. The van der Waals surface area contributed by atoms with Gasteiger partial charge in [-0.3, -0.25) is 0 Å². The van der Waals surface area contributed by atoms with Crippen LogP contribution in [0.5, 0.6) is 5.75 Å². The van der Waals surface area contributed by atoms with E-state index in [1.54, 1.807) is 0 Å². The van der Waals surface area contributed by atoms with Crippen molar-refractivity contribution in [2.24, 2.45) is 11.8 Å². The molecular formula is C25H26F5NO5S2. The molecule has 0 amide bonds. The summed E-state index contributed by atoms with van der Waals surface area (Å²) in [5, 5.41) is 0. The van der Waals surface area contributed by atoms with Gasteiger partial charge in [-0.1, -0.05) is 6.42 Å². The van der Waals surface area contributed by atoms with Crippen LogP contribution in [0, 0.1) is 23.5 Å². The number of fused-ring (bicyclic) bond motifs is 3. The summed E-state index contributed by atoms with van der Waals surface area (Å²) >= 11 is 0. The zero-order valence-electron chi connectivity index (χ0n) is 20.2. The zero-order chi connectivity index (χ0) is 27.5. The number of benzene rings is 2. The van der Waals surface area contributed by atoms with Gasteiger partial charge in [0.2, 0.25) is 10.0 Å². The lowest BCUT2D eigenvalue weighted by molar-refractivity contribution is -0.137. The zero-order valence-corrected chi connectivity index (χ0v) is 21.8. The molecule has 2 aromatic rings. The highest BCUT2D eigenvalue weighted by atomic mass is 32.2. The van der Waals surface area contributed by atoms with Gasteiger partial charge in [-0.2, -0.15) is 13.2 Å². The van der Waals surface area contributed by atoms with Crippen LogP contribution in [0.15, 0.2) is 41.3 Å². The van der Waals surface area contributed by atoms with E-state index in [0.29, 0.717) is 31.4 Å². The molecule has 1 saturated heterocycles. The number of halogens is 5. The van der Waals surface area contributed by atoms with E-state index < -0.39 is 76.0 Å². The van der Waals surface area contributed by atoms with Crippen molar-refractivity contribution in [1.82, 2.24) is 4.31 Å². The summed E-state index contributed by atoms with van der Waals surface area (Å²) in [7, 11) is -8.18. The third-order valence-electron chi connectivity index (χ3n) is 8.04. The number of ether oxygens (including phenoxy) is 1. The van der Waals surface area contributed by atoms with Crippen molar-refractivity contribution in [3.8, 4) is 5.75 Å². The fourth-order valence-corrected chi connectivity index (χ4v) is 10.3. The quantitative estimate of drug-likeness (QED) is 0.482. The average molecular weight is 580 g/mol. The highest BCUT2D eigenvalue weighted by molar-refractivity contribution is 7.92. The fourth-order valence-electron chi connectivity index (χ4n) is 6.24. The summed E-state index contributed by atoms with van der Waals surface area (Å²) in [4.78, 5) is -0.460. The minimum Gasteiger partial charge on any atom is -0.490 e. The Kier molecular flexibility index (Phi) is 6.79. The largest absolute Gasteiger partial charge is 0.490 e. The van der Waals surface area contributed by atoms with E-state index in [9.17, 15) is 34.4 Å². The topological polar surface area (TPSA) is 80.8 Å². The Hall–Kier alpha value is -2.25. The van der Waals surface area contributed by atoms with Crippen molar-refractivity contribution >= 4 is 19.9 Å². The minimum atomic E-state index is -4.69. The lowest BCUT2D eigenvalue weighted by Crippen LogP contribution is -2.56. The van der Waals surface area contributed by atoms with Crippen molar-refractivity contribution in [2.75, 3.05) is 25.4 Å². The molecule has 13 heteroatoms. The van der Waals surface area contributed by atoms with E-state index in [1.165, 1.54) is 4.31 Å².